The average Bonchev–Trinajstić information content (AvgIpc) is 2.40. The van der Waals surface area contributed by atoms with Gasteiger partial charge in [0.1, 0.15) is 0 Å². The Morgan fingerprint density at radius 3 is 2.21 bits per heavy atom. The van der Waals surface area contributed by atoms with Crippen LogP contribution in [0.2, 0.25) is 0 Å². The van der Waals surface area contributed by atoms with E-state index in [9.17, 15) is 8.78 Å². The molecule has 0 fully saturated rings. The van der Waals surface area contributed by atoms with Crippen LogP contribution in [0.15, 0.2) is 47.4 Å². The summed E-state index contributed by atoms with van der Waals surface area (Å²) in [5, 5.41) is 17.9. The van der Waals surface area contributed by atoms with Crippen LogP contribution in [-0.4, -0.2) is 17.2 Å². The summed E-state index contributed by atoms with van der Waals surface area (Å²) in [5.74, 6) is -1.12. The number of halogens is 2. The van der Waals surface area contributed by atoms with E-state index in [1.807, 2.05) is 0 Å². The molecule has 98 valence electrons. The molecule has 2 aromatic carbocycles. The van der Waals surface area contributed by atoms with Crippen molar-refractivity contribution in [2.24, 2.45) is 0 Å². The molecule has 0 aliphatic carbocycles. The lowest BCUT2D eigenvalue weighted by Gasteiger charge is -2.04. The van der Waals surface area contributed by atoms with Crippen molar-refractivity contribution in [3.63, 3.8) is 0 Å². The molecule has 0 saturated carbocycles. The van der Waals surface area contributed by atoms with Crippen LogP contribution in [0.4, 0.5) is 8.78 Å². The van der Waals surface area contributed by atoms with E-state index in [4.69, 9.17) is 10.0 Å². The molecule has 2 nitrogen and oxygen atoms in total. The summed E-state index contributed by atoms with van der Waals surface area (Å²) in [7, 11) is -1.48. The Balaban J connectivity index is 2.00. The Hall–Kier alpha value is -1.37. The second-order valence-electron chi connectivity index (χ2n) is 3.98. The summed E-state index contributed by atoms with van der Waals surface area (Å²) in [5.41, 5.74) is 1.38. The minimum absolute atomic E-state index is 0.418. The molecule has 0 radical (unpaired) electrons. The van der Waals surface area contributed by atoms with Gasteiger partial charge in [-0.15, -0.1) is 11.8 Å². The zero-order chi connectivity index (χ0) is 13.8. The fourth-order valence-electron chi connectivity index (χ4n) is 1.52. The largest absolute Gasteiger partial charge is 0.488 e. The van der Waals surface area contributed by atoms with Gasteiger partial charge in [-0.25, -0.2) is 8.78 Å². The van der Waals surface area contributed by atoms with Crippen molar-refractivity contribution in [1.82, 2.24) is 0 Å². The van der Waals surface area contributed by atoms with Crippen LogP contribution < -0.4 is 5.46 Å². The molecule has 0 aromatic heterocycles. The van der Waals surface area contributed by atoms with Gasteiger partial charge in [0.05, 0.1) is 0 Å². The second kappa shape index (κ2) is 6.19. The van der Waals surface area contributed by atoms with Crippen molar-refractivity contribution in [2.75, 3.05) is 0 Å². The Bertz CT molecular complexity index is 561. The van der Waals surface area contributed by atoms with Gasteiger partial charge in [-0.05, 0) is 29.2 Å². The van der Waals surface area contributed by atoms with Crippen LogP contribution in [0, 0.1) is 11.6 Å². The maximum absolute atomic E-state index is 13.0. The van der Waals surface area contributed by atoms with Crippen LogP contribution >= 0.6 is 11.8 Å². The standard InChI is InChI=1S/C13H11BF2O2S/c15-12-6-5-11(7-13(12)16)19-8-9-1-3-10(4-2-9)14(17)18/h1-7,17-18H,8H2. The first-order valence-electron chi connectivity index (χ1n) is 5.59. The Morgan fingerprint density at radius 1 is 0.947 bits per heavy atom. The van der Waals surface area contributed by atoms with E-state index in [1.165, 1.54) is 17.8 Å². The van der Waals surface area contributed by atoms with Gasteiger partial charge in [-0.1, -0.05) is 24.3 Å². The molecule has 0 atom stereocenters. The molecule has 0 amide bonds. The number of benzene rings is 2. The van der Waals surface area contributed by atoms with Gasteiger partial charge < -0.3 is 10.0 Å². The van der Waals surface area contributed by atoms with Gasteiger partial charge >= 0.3 is 7.12 Å². The van der Waals surface area contributed by atoms with E-state index in [1.54, 1.807) is 24.3 Å². The van der Waals surface area contributed by atoms with Gasteiger partial charge in [0, 0.05) is 10.6 Å². The van der Waals surface area contributed by atoms with E-state index in [0.29, 0.717) is 16.1 Å². The molecule has 2 aromatic rings. The number of hydrogen-bond acceptors (Lipinski definition) is 3. The molecule has 0 heterocycles. The van der Waals surface area contributed by atoms with Crippen molar-refractivity contribution in [1.29, 1.82) is 0 Å². The average molecular weight is 280 g/mol. The highest BCUT2D eigenvalue weighted by molar-refractivity contribution is 7.98. The third kappa shape index (κ3) is 3.80. The van der Waals surface area contributed by atoms with E-state index < -0.39 is 18.8 Å². The molecule has 0 aliphatic rings. The van der Waals surface area contributed by atoms with Crippen LogP contribution in [0.3, 0.4) is 0 Å². The van der Waals surface area contributed by atoms with Crippen molar-refractivity contribution < 1.29 is 18.8 Å². The van der Waals surface area contributed by atoms with Crippen molar-refractivity contribution in [2.45, 2.75) is 10.6 Å². The highest BCUT2D eigenvalue weighted by atomic mass is 32.2. The van der Waals surface area contributed by atoms with Crippen LogP contribution in [0.5, 0.6) is 0 Å². The molecule has 2 rings (SSSR count). The van der Waals surface area contributed by atoms with Crippen LogP contribution in [0.1, 0.15) is 5.56 Å². The Kier molecular flexibility index (Phi) is 4.58. The minimum Gasteiger partial charge on any atom is -0.423 e. The third-order valence-corrected chi connectivity index (χ3v) is 3.64. The molecule has 2 N–H and O–H groups in total. The Morgan fingerprint density at radius 2 is 1.63 bits per heavy atom. The van der Waals surface area contributed by atoms with E-state index in [2.05, 4.69) is 0 Å². The van der Waals surface area contributed by atoms with Crippen molar-refractivity contribution in [3.05, 3.63) is 59.7 Å². The van der Waals surface area contributed by atoms with Crippen molar-refractivity contribution in [3.8, 4) is 0 Å². The fourth-order valence-corrected chi connectivity index (χ4v) is 2.40. The lowest BCUT2D eigenvalue weighted by molar-refractivity contribution is 0.426. The normalized spacial score (nSPS) is 10.5. The molecule has 0 spiro atoms. The molecule has 0 bridgehead atoms. The molecule has 0 unspecified atom stereocenters. The topological polar surface area (TPSA) is 40.5 Å². The summed E-state index contributed by atoms with van der Waals surface area (Å²) in [6.45, 7) is 0. The minimum atomic E-state index is -1.48. The third-order valence-electron chi connectivity index (χ3n) is 2.57. The Labute approximate surface area is 114 Å². The quantitative estimate of drug-likeness (QED) is 0.664. The van der Waals surface area contributed by atoms with Gasteiger partial charge in [0.15, 0.2) is 11.6 Å². The van der Waals surface area contributed by atoms with Crippen LogP contribution in [0.25, 0.3) is 0 Å². The summed E-state index contributed by atoms with van der Waals surface area (Å²) in [6.07, 6.45) is 0. The molecular weight excluding hydrogens is 269 g/mol. The summed E-state index contributed by atoms with van der Waals surface area (Å²) in [6, 6.07) is 10.5. The lowest BCUT2D eigenvalue weighted by Crippen LogP contribution is -2.29. The zero-order valence-electron chi connectivity index (χ0n) is 9.88. The van der Waals surface area contributed by atoms with E-state index >= 15 is 0 Å². The summed E-state index contributed by atoms with van der Waals surface area (Å²) in [4.78, 5) is 0.644. The second-order valence-corrected chi connectivity index (χ2v) is 5.03. The molecule has 19 heavy (non-hydrogen) atoms. The van der Waals surface area contributed by atoms with Gasteiger partial charge in [-0.3, -0.25) is 0 Å². The van der Waals surface area contributed by atoms with Crippen LogP contribution in [-0.2, 0) is 5.75 Å². The molecular formula is C13H11BF2O2S. The summed E-state index contributed by atoms with van der Waals surface area (Å²) >= 11 is 1.38. The zero-order valence-corrected chi connectivity index (χ0v) is 10.7. The molecule has 0 aliphatic heterocycles. The van der Waals surface area contributed by atoms with E-state index in [-0.39, 0.29) is 0 Å². The fraction of sp³-hybridized carbons (Fsp3) is 0.0769. The van der Waals surface area contributed by atoms with Gasteiger partial charge in [0.2, 0.25) is 0 Å². The maximum Gasteiger partial charge on any atom is 0.488 e. The smallest absolute Gasteiger partial charge is 0.423 e. The predicted octanol–water partition coefficient (Wildman–Crippen LogP) is 1.94. The molecule has 6 heteroatoms. The first kappa shape index (κ1) is 14.1. The maximum atomic E-state index is 13.0. The SMILES string of the molecule is OB(O)c1ccc(CSc2ccc(F)c(F)c2)cc1. The first-order valence-corrected chi connectivity index (χ1v) is 6.57. The number of thioether (sulfide) groups is 1. The predicted molar refractivity (Wildman–Crippen MR) is 72.2 cm³/mol. The molecule has 0 saturated heterocycles. The van der Waals surface area contributed by atoms with E-state index in [0.717, 1.165) is 17.7 Å². The highest BCUT2D eigenvalue weighted by Gasteiger charge is 2.09. The number of hydrogen-bond donors (Lipinski definition) is 2. The van der Waals surface area contributed by atoms with Crippen molar-refractivity contribution >= 4 is 24.3 Å². The highest BCUT2D eigenvalue weighted by Crippen LogP contribution is 2.24. The van der Waals surface area contributed by atoms with Gasteiger partial charge in [0.25, 0.3) is 0 Å². The monoisotopic (exact) mass is 280 g/mol. The van der Waals surface area contributed by atoms with Gasteiger partial charge in [-0.2, -0.15) is 0 Å². The number of rotatable bonds is 4. The summed E-state index contributed by atoms with van der Waals surface area (Å²) < 4.78 is 25.8. The first-order chi connectivity index (χ1) is 9.06. The lowest BCUT2D eigenvalue weighted by atomic mass is 9.80.